The molecule has 1 aliphatic heterocycles. The highest BCUT2D eigenvalue weighted by Gasteiger charge is 2.26. The number of aromatic nitrogens is 4. The first-order valence-electron chi connectivity index (χ1n) is 10.9. The molecule has 4 aromatic rings. The van der Waals surface area contributed by atoms with Crippen LogP contribution in [0.2, 0.25) is 0 Å². The summed E-state index contributed by atoms with van der Waals surface area (Å²) < 4.78 is 17.8. The van der Waals surface area contributed by atoms with Crippen molar-refractivity contribution in [1.29, 1.82) is 0 Å². The van der Waals surface area contributed by atoms with Crippen LogP contribution < -0.4 is 21.0 Å². The zero-order chi connectivity index (χ0) is 23.1. The quantitative estimate of drug-likeness (QED) is 0.477. The number of imidazole rings is 1. The second-order valence-electron chi connectivity index (χ2n) is 8.31. The number of piperazine rings is 1. The van der Waals surface area contributed by atoms with Crippen molar-refractivity contribution >= 4 is 22.8 Å². The Balaban J connectivity index is 1.57. The topological polar surface area (TPSA) is 68.3 Å². The molecule has 2 aromatic carbocycles. The number of benzene rings is 2. The first-order valence-corrected chi connectivity index (χ1v) is 10.9. The predicted octanol–water partition coefficient (Wildman–Crippen LogP) is 1.95. The number of fused-ring (bicyclic) bond motifs is 1. The predicted molar refractivity (Wildman–Crippen MR) is 127 cm³/mol. The van der Waals surface area contributed by atoms with Gasteiger partial charge in [-0.25, -0.2) is 9.18 Å². The zero-order valence-corrected chi connectivity index (χ0v) is 18.6. The molecule has 0 N–H and O–H groups in total. The summed E-state index contributed by atoms with van der Waals surface area (Å²) >= 11 is 0. The second kappa shape index (κ2) is 8.23. The summed E-state index contributed by atoms with van der Waals surface area (Å²) in [5.74, 6) is 0.324. The lowest BCUT2D eigenvalue weighted by molar-refractivity contribution is 0.621. The van der Waals surface area contributed by atoms with Crippen molar-refractivity contribution in [2.45, 2.75) is 6.54 Å². The number of hydrogen-bond acceptors (Lipinski definition) is 5. The molecule has 9 heteroatoms. The van der Waals surface area contributed by atoms with Crippen molar-refractivity contribution in [2.24, 2.45) is 14.1 Å². The Hall–Kier alpha value is -3.88. The molecule has 0 unspecified atom stereocenters. The summed E-state index contributed by atoms with van der Waals surface area (Å²) in [4.78, 5) is 34.8. The van der Waals surface area contributed by atoms with E-state index in [4.69, 9.17) is 4.98 Å². The lowest BCUT2D eigenvalue weighted by Gasteiger charge is -2.36. The minimum Gasteiger partial charge on any atom is -0.368 e. The Morgan fingerprint density at radius 1 is 0.848 bits per heavy atom. The molecule has 0 amide bonds. The second-order valence-corrected chi connectivity index (χ2v) is 8.31. The van der Waals surface area contributed by atoms with E-state index in [2.05, 4.69) is 21.9 Å². The van der Waals surface area contributed by atoms with Gasteiger partial charge in [-0.1, -0.05) is 30.3 Å². The summed E-state index contributed by atoms with van der Waals surface area (Å²) in [6, 6.07) is 16.5. The van der Waals surface area contributed by atoms with Crippen molar-refractivity contribution in [3.63, 3.8) is 0 Å². The van der Waals surface area contributed by atoms with E-state index < -0.39 is 11.2 Å². The maximum atomic E-state index is 13.5. The molecule has 0 aliphatic carbocycles. The van der Waals surface area contributed by atoms with Gasteiger partial charge in [0.25, 0.3) is 5.56 Å². The molecular weight excluding hydrogens is 423 g/mol. The zero-order valence-electron chi connectivity index (χ0n) is 18.6. The third-order valence-corrected chi connectivity index (χ3v) is 6.27. The fourth-order valence-electron chi connectivity index (χ4n) is 4.40. The van der Waals surface area contributed by atoms with E-state index >= 15 is 0 Å². The Labute approximate surface area is 189 Å². The molecule has 1 saturated heterocycles. The van der Waals surface area contributed by atoms with Crippen molar-refractivity contribution < 1.29 is 4.39 Å². The molecule has 170 valence electrons. The third-order valence-electron chi connectivity index (χ3n) is 6.27. The van der Waals surface area contributed by atoms with Crippen LogP contribution in [0.25, 0.3) is 11.2 Å². The molecular formula is C24H25FN6O2. The van der Waals surface area contributed by atoms with E-state index in [1.54, 1.807) is 19.2 Å². The standard InChI is InChI=1S/C24H25FN6O2/c1-27-21-20(22(32)28(2)24(27)33)31(16-17-8-10-18(25)11-9-17)23(26-21)30-14-12-29(13-15-30)19-6-4-3-5-7-19/h3-11H,12-16H2,1-2H3. The fraction of sp³-hybridized carbons (Fsp3) is 0.292. The van der Waals surface area contributed by atoms with E-state index in [-0.39, 0.29) is 5.82 Å². The van der Waals surface area contributed by atoms with E-state index in [0.29, 0.717) is 23.7 Å². The van der Waals surface area contributed by atoms with Crippen molar-refractivity contribution in [3.8, 4) is 0 Å². The molecule has 0 atom stereocenters. The largest absolute Gasteiger partial charge is 0.368 e. The van der Waals surface area contributed by atoms with Crippen LogP contribution >= 0.6 is 0 Å². The highest BCUT2D eigenvalue weighted by molar-refractivity contribution is 5.75. The Kier molecular flexibility index (Phi) is 5.24. The van der Waals surface area contributed by atoms with Gasteiger partial charge >= 0.3 is 5.69 Å². The van der Waals surface area contributed by atoms with Gasteiger partial charge in [-0.15, -0.1) is 0 Å². The molecule has 0 saturated carbocycles. The Morgan fingerprint density at radius 2 is 1.48 bits per heavy atom. The van der Waals surface area contributed by atoms with Crippen molar-refractivity contribution in [2.75, 3.05) is 36.0 Å². The Bertz CT molecular complexity index is 1410. The number of halogens is 1. The van der Waals surface area contributed by atoms with Gasteiger partial charge in [0.1, 0.15) is 5.82 Å². The fourth-order valence-corrected chi connectivity index (χ4v) is 4.40. The first kappa shape index (κ1) is 21.0. The summed E-state index contributed by atoms with van der Waals surface area (Å²) in [5, 5.41) is 0. The van der Waals surface area contributed by atoms with Gasteiger partial charge in [0.15, 0.2) is 11.2 Å². The van der Waals surface area contributed by atoms with Crippen LogP contribution in [0.5, 0.6) is 0 Å². The number of hydrogen-bond donors (Lipinski definition) is 0. The highest BCUT2D eigenvalue weighted by Crippen LogP contribution is 2.24. The number of nitrogens with zero attached hydrogens (tertiary/aromatic N) is 6. The van der Waals surface area contributed by atoms with Gasteiger partial charge in [-0.2, -0.15) is 4.98 Å². The lowest BCUT2D eigenvalue weighted by atomic mass is 10.2. The van der Waals surface area contributed by atoms with Gasteiger partial charge in [-0.05, 0) is 29.8 Å². The van der Waals surface area contributed by atoms with Gasteiger partial charge in [-0.3, -0.25) is 18.5 Å². The maximum absolute atomic E-state index is 13.5. The molecule has 5 rings (SSSR count). The molecule has 3 heterocycles. The van der Waals surface area contributed by atoms with Gasteiger partial charge < -0.3 is 9.80 Å². The highest BCUT2D eigenvalue weighted by atomic mass is 19.1. The first-order chi connectivity index (χ1) is 15.9. The number of aryl methyl sites for hydroxylation is 1. The minimum atomic E-state index is -0.417. The normalized spacial score (nSPS) is 14.3. The van der Waals surface area contributed by atoms with E-state index in [1.807, 2.05) is 22.8 Å². The average Bonchev–Trinajstić information content (AvgIpc) is 3.22. The molecule has 0 bridgehead atoms. The van der Waals surface area contributed by atoms with Gasteiger partial charge in [0.2, 0.25) is 5.95 Å². The van der Waals surface area contributed by atoms with Crippen molar-refractivity contribution in [3.05, 3.63) is 86.8 Å². The third kappa shape index (κ3) is 3.69. The molecule has 0 radical (unpaired) electrons. The van der Waals surface area contributed by atoms with E-state index in [9.17, 15) is 14.0 Å². The van der Waals surface area contributed by atoms with E-state index in [0.717, 1.165) is 36.3 Å². The average molecular weight is 449 g/mol. The molecule has 8 nitrogen and oxygen atoms in total. The van der Waals surface area contributed by atoms with Crippen LogP contribution in [-0.2, 0) is 20.6 Å². The summed E-state index contributed by atoms with van der Waals surface area (Å²) in [6.07, 6.45) is 0. The number of anilines is 2. The van der Waals surface area contributed by atoms with Crippen LogP contribution in [0.15, 0.2) is 64.2 Å². The molecule has 0 spiro atoms. The monoisotopic (exact) mass is 448 g/mol. The summed E-state index contributed by atoms with van der Waals surface area (Å²) in [5.41, 5.74) is 1.93. The Morgan fingerprint density at radius 3 is 2.15 bits per heavy atom. The van der Waals surface area contributed by atoms with E-state index in [1.165, 1.54) is 29.4 Å². The summed E-state index contributed by atoms with van der Waals surface area (Å²) in [7, 11) is 3.09. The van der Waals surface area contributed by atoms with Crippen LogP contribution in [-0.4, -0.2) is 44.9 Å². The molecule has 1 fully saturated rings. The van der Waals surface area contributed by atoms with Crippen LogP contribution in [0, 0.1) is 5.82 Å². The van der Waals surface area contributed by atoms with Gasteiger partial charge in [0.05, 0.1) is 6.54 Å². The molecule has 2 aromatic heterocycles. The van der Waals surface area contributed by atoms with Crippen molar-refractivity contribution in [1.82, 2.24) is 18.7 Å². The maximum Gasteiger partial charge on any atom is 0.332 e. The molecule has 1 aliphatic rings. The molecule has 33 heavy (non-hydrogen) atoms. The van der Waals surface area contributed by atoms with Crippen LogP contribution in [0.3, 0.4) is 0 Å². The number of para-hydroxylation sites is 1. The lowest BCUT2D eigenvalue weighted by Crippen LogP contribution is -2.47. The summed E-state index contributed by atoms with van der Waals surface area (Å²) in [6.45, 7) is 3.39. The van der Waals surface area contributed by atoms with Gasteiger partial charge in [0, 0.05) is 46.0 Å². The minimum absolute atomic E-state index is 0.315. The van der Waals surface area contributed by atoms with Crippen LogP contribution in [0.1, 0.15) is 5.56 Å². The van der Waals surface area contributed by atoms with Crippen LogP contribution in [0.4, 0.5) is 16.0 Å². The number of rotatable bonds is 4. The SMILES string of the molecule is Cn1c(=O)c2c(nc(N3CCN(c4ccccc4)CC3)n2Cc2ccc(F)cc2)n(C)c1=O. The smallest absolute Gasteiger partial charge is 0.332 e.